The summed E-state index contributed by atoms with van der Waals surface area (Å²) in [5, 5.41) is 2.46. The van der Waals surface area contributed by atoms with Crippen molar-refractivity contribution in [2.45, 2.75) is 33.1 Å². The maximum Gasteiger partial charge on any atom is 0.0973 e. The molecule has 10 aromatic carbocycles. The van der Waals surface area contributed by atoms with Gasteiger partial charge in [0.15, 0.2) is 0 Å². The van der Waals surface area contributed by atoms with Gasteiger partial charge in [0.1, 0.15) is 0 Å². The Morgan fingerprint density at radius 1 is 0.458 bits per heavy atom. The average molecular weight is 1080 g/mol. The topological polar surface area (TPSA) is 40.4 Å². The van der Waals surface area contributed by atoms with E-state index in [9.17, 15) is 0 Å². The molecule has 0 amide bonds. The monoisotopic (exact) mass is 1070 g/mol. The van der Waals surface area contributed by atoms with E-state index < -0.39 is 0 Å². The molecular weight excluding hydrogens is 1010 g/mol. The minimum Gasteiger partial charge on any atom is -0.337 e. The van der Waals surface area contributed by atoms with Gasteiger partial charge in [0, 0.05) is 86.1 Å². The normalized spacial score (nSPS) is 12.1. The quantitative estimate of drug-likeness (QED) is 0.0755. The number of fused-ring (bicyclic) bond motifs is 4. The Labute approximate surface area is 488 Å². The van der Waals surface area contributed by atoms with Crippen LogP contribution in [0.2, 0.25) is 0 Å². The molecule has 0 spiro atoms. The fourth-order valence-electron chi connectivity index (χ4n) is 11.5. The second-order valence-electron chi connectivity index (χ2n) is 21.3. The molecule has 83 heavy (non-hydrogen) atoms. The molecular formula is C77H66N6. The van der Waals surface area contributed by atoms with E-state index >= 15 is 0 Å². The highest BCUT2D eigenvalue weighted by molar-refractivity contribution is 6.12. The van der Waals surface area contributed by atoms with Gasteiger partial charge in [0.05, 0.1) is 33.5 Å². The first-order valence-electron chi connectivity index (χ1n) is 28.6. The molecule has 6 nitrogen and oxygen atoms in total. The van der Waals surface area contributed by atoms with E-state index in [4.69, 9.17) is 9.97 Å². The van der Waals surface area contributed by atoms with Crippen molar-refractivity contribution < 1.29 is 0 Å². The summed E-state index contributed by atoms with van der Waals surface area (Å²) in [6.07, 6.45) is 11.4. The fourth-order valence-corrected chi connectivity index (χ4v) is 11.5. The lowest BCUT2D eigenvalue weighted by molar-refractivity contribution is 0.747. The standard InChI is InChI=1S/C77H66N6/c1-7-23-54(4)48-50-81-73-47-45-67(53-69(73)75-56(6)24-21-35-74(75)81)83(62-30-17-12-18-31-62)64-42-38-59(39-43-64)77-76(78-70-33-19-20-34-71(70)79-77)58-36-40-63(41-37-58)82(61-28-15-11-16-29-61)66-44-46-72(68(52-66)55(5)9-3)80(49-8-2)65-32-22-27-60(51-65)57-25-13-10-14-26-57/h7-22,24-48,50-55H,1-3,23,49H2,4-6H3/b50-48+. The molecule has 0 aliphatic heterocycles. The number of rotatable bonds is 19. The zero-order chi connectivity index (χ0) is 56.8. The predicted octanol–water partition coefficient (Wildman–Crippen LogP) is 21.3. The molecule has 0 N–H and O–H groups in total. The van der Waals surface area contributed by atoms with Crippen molar-refractivity contribution in [2.75, 3.05) is 21.2 Å². The minimum absolute atomic E-state index is 0.0485. The molecule has 0 aliphatic carbocycles. The molecule has 404 valence electrons. The Balaban J connectivity index is 0.914. The molecule has 0 bridgehead atoms. The summed E-state index contributed by atoms with van der Waals surface area (Å²) >= 11 is 0. The first kappa shape index (κ1) is 53.3. The van der Waals surface area contributed by atoms with E-state index in [0.717, 1.165) is 96.6 Å². The van der Waals surface area contributed by atoms with Crippen molar-refractivity contribution >= 4 is 84.5 Å². The molecule has 12 rings (SSSR count). The van der Waals surface area contributed by atoms with Crippen LogP contribution in [-0.2, 0) is 0 Å². The van der Waals surface area contributed by atoms with Gasteiger partial charge in [0.25, 0.3) is 0 Å². The highest BCUT2D eigenvalue weighted by Crippen LogP contribution is 2.44. The molecule has 6 heteroatoms. The van der Waals surface area contributed by atoms with Gasteiger partial charge in [-0.15, -0.1) is 19.7 Å². The largest absolute Gasteiger partial charge is 0.337 e. The minimum atomic E-state index is 0.0485. The van der Waals surface area contributed by atoms with Crippen LogP contribution in [0.25, 0.3) is 72.7 Å². The van der Waals surface area contributed by atoms with Crippen LogP contribution in [0.5, 0.6) is 0 Å². The van der Waals surface area contributed by atoms with Gasteiger partial charge in [-0.05, 0) is 157 Å². The number of aromatic nitrogens is 3. The van der Waals surface area contributed by atoms with E-state index in [1.807, 2.05) is 42.5 Å². The second-order valence-corrected chi connectivity index (χ2v) is 21.3. The molecule has 12 aromatic rings. The van der Waals surface area contributed by atoms with Crippen LogP contribution in [0.1, 0.15) is 37.3 Å². The number of aryl methyl sites for hydroxylation is 1. The van der Waals surface area contributed by atoms with E-state index in [1.165, 1.54) is 32.9 Å². The molecule has 2 heterocycles. The first-order chi connectivity index (χ1) is 40.8. The van der Waals surface area contributed by atoms with Crippen molar-refractivity contribution in [1.82, 2.24) is 14.5 Å². The van der Waals surface area contributed by atoms with Crippen molar-refractivity contribution in [3.63, 3.8) is 0 Å². The second kappa shape index (κ2) is 23.8. The molecule has 0 fully saturated rings. The summed E-state index contributed by atoms with van der Waals surface area (Å²) in [6.45, 7) is 19.7. The molecule has 0 saturated heterocycles. The van der Waals surface area contributed by atoms with Crippen LogP contribution in [-0.4, -0.2) is 21.1 Å². The lowest BCUT2D eigenvalue weighted by Gasteiger charge is -2.31. The third-order valence-electron chi connectivity index (χ3n) is 15.8. The fraction of sp³-hybridized carbons (Fsp3) is 0.0909. The van der Waals surface area contributed by atoms with Gasteiger partial charge in [-0.2, -0.15) is 0 Å². The van der Waals surface area contributed by atoms with Gasteiger partial charge < -0.3 is 19.3 Å². The number of hydrogen-bond acceptors (Lipinski definition) is 5. The van der Waals surface area contributed by atoms with Gasteiger partial charge >= 0.3 is 0 Å². The predicted molar refractivity (Wildman–Crippen MR) is 355 cm³/mol. The molecule has 2 unspecified atom stereocenters. The Morgan fingerprint density at radius 3 is 1.57 bits per heavy atom. The van der Waals surface area contributed by atoms with Crippen LogP contribution < -0.4 is 14.7 Å². The molecule has 2 aromatic heterocycles. The smallest absolute Gasteiger partial charge is 0.0973 e. The number of nitrogens with zero attached hydrogens (tertiary/aromatic N) is 6. The Kier molecular flexibility index (Phi) is 15.3. The van der Waals surface area contributed by atoms with Gasteiger partial charge in [-0.1, -0.05) is 166 Å². The van der Waals surface area contributed by atoms with Crippen molar-refractivity contribution in [1.29, 1.82) is 0 Å². The van der Waals surface area contributed by atoms with Crippen LogP contribution in [0.3, 0.4) is 0 Å². The number of para-hydroxylation sites is 4. The van der Waals surface area contributed by atoms with Crippen LogP contribution in [0.15, 0.2) is 287 Å². The van der Waals surface area contributed by atoms with E-state index in [1.54, 1.807) is 0 Å². The zero-order valence-corrected chi connectivity index (χ0v) is 47.4. The van der Waals surface area contributed by atoms with Gasteiger partial charge in [0.2, 0.25) is 0 Å². The number of anilines is 8. The van der Waals surface area contributed by atoms with E-state index in [-0.39, 0.29) is 5.92 Å². The third-order valence-corrected chi connectivity index (χ3v) is 15.8. The lowest BCUT2D eigenvalue weighted by Crippen LogP contribution is -2.19. The Bertz CT molecular complexity index is 4310. The molecule has 0 radical (unpaired) electrons. The number of hydrogen-bond donors (Lipinski definition) is 0. The summed E-state index contributed by atoms with van der Waals surface area (Å²) in [5.41, 5.74) is 20.8. The Hall–Kier alpha value is -10.3. The van der Waals surface area contributed by atoms with Gasteiger partial charge in [-0.25, -0.2) is 9.97 Å². The van der Waals surface area contributed by atoms with Crippen LogP contribution in [0, 0.1) is 12.8 Å². The summed E-state index contributed by atoms with van der Waals surface area (Å²) in [5.74, 6) is 0.425. The summed E-state index contributed by atoms with van der Waals surface area (Å²) in [4.78, 5) is 17.8. The van der Waals surface area contributed by atoms with Crippen molar-refractivity contribution in [3.05, 3.63) is 298 Å². The zero-order valence-electron chi connectivity index (χ0n) is 47.4. The Morgan fingerprint density at radius 2 is 0.976 bits per heavy atom. The average Bonchev–Trinajstić information content (AvgIpc) is 3.28. The van der Waals surface area contributed by atoms with Crippen LogP contribution in [0.4, 0.5) is 45.5 Å². The third kappa shape index (κ3) is 10.8. The molecule has 0 aliphatic rings. The molecule has 0 saturated carbocycles. The summed E-state index contributed by atoms with van der Waals surface area (Å²) < 4.78 is 2.34. The maximum atomic E-state index is 5.37. The van der Waals surface area contributed by atoms with Crippen LogP contribution >= 0.6 is 0 Å². The SMILES string of the molecule is C=CCC(C)/C=C/n1c2ccc(N(c3ccccc3)c3ccc(-c4nc5ccccc5nc4-c4ccc(N(c5ccccc5)c5ccc(N(CC=C)c6cccc(-c7ccccc7)c6)c(C(C)C=C)c5)cc4)cc3)cc2c2c(C)cccc21. The van der Waals surface area contributed by atoms with E-state index in [0.29, 0.717) is 12.5 Å². The summed E-state index contributed by atoms with van der Waals surface area (Å²) in [7, 11) is 0. The number of allylic oxidation sites excluding steroid dienone is 3. The highest BCUT2D eigenvalue weighted by Gasteiger charge is 2.23. The molecule has 2 atom stereocenters. The number of benzene rings is 10. The maximum absolute atomic E-state index is 5.37. The van der Waals surface area contributed by atoms with Gasteiger partial charge in [-0.3, -0.25) is 0 Å². The highest BCUT2D eigenvalue weighted by atomic mass is 15.2. The first-order valence-corrected chi connectivity index (χ1v) is 28.6. The van der Waals surface area contributed by atoms with Crippen molar-refractivity contribution in [3.8, 4) is 33.6 Å². The summed E-state index contributed by atoms with van der Waals surface area (Å²) in [6, 6.07) is 86.4. The van der Waals surface area contributed by atoms with Crippen molar-refractivity contribution in [2.24, 2.45) is 5.92 Å². The lowest BCUT2D eigenvalue weighted by atomic mass is 9.96. The van der Waals surface area contributed by atoms with E-state index in [2.05, 4.69) is 290 Å².